The average Bonchev–Trinajstić information content (AvgIpc) is 3.13. The van der Waals surface area contributed by atoms with Crippen LogP contribution in [0.4, 0.5) is 5.69 Å². The summed E-state index contributed by atoms with van der Waals surface area (Å²) in [6, 6.07) is 5.92. The predicted octanol–water partition coefficient (Wildman–Crippen LogP) is 2.80. The van der Waals surface area contributed by atoms with Gasteiger partial charge in [0, 0.05) is 24.2 Å². The first-order chi connectivity index (χ1) is 9.03. The highest BCUT2D eigenvalue weighted by molar-refractivity contribution is 6.02. The Morgan fingerprint density at radius 2 is 2.11 bits per heavy atom. The second-order valence-electron chi connectivity index (χ2n) is 6.46. The Bertz CT molecular complexity index is 517. The molecule has 2 aliphatic rings. The predicted molar refractivity (Wildman–Crippen MR) is 77.1 cm³/mol. The highest BCUT2D eigenvalue weighted by Crippen LogP contribution is 2.53. The number of amides is 1. The first-order valence-corrected chi connectivity index (χ1v) is 7.22. The zero-order valence-electron chi connectivity index (χ0n) is 11.8. The molecule has 3 nitrogen and oxygen atoms in total. The van der Waals surface area contributed by atoms with Gasteiger partial charge >= 0.3 is 0 Å². The molecule has 1 aromatic carbocycles. The van der Waals surface area contributed by atoms with E-state index in [1.165, 1.54) is 18.4 Å². The lowest BCUT2D eigenvalue weighted by molar-refractivity contribution is 0.0706. The van der Waals surface area contributed by atoms with Crippen molar-refractivity contribution in [3.05, 3.63) is 29.3 Å². The van der Waals surface area contributed by atoms with Gasteiger partial charge in [-0.3, -0.25) is 4.79 Å². The molecule has 1 saturated carbocycles. The molecular formula is C16H22N2O. The third-order valence-electron chi connectivity index (χ3n) is 4.49. The standard InChI is InChI=1S/C16H22N2O/c1-11(2)6-9-18-10-16(7-8-16)12-4-3-5-13(17)14(12)15(18)19/h3-5,11H,6-10,17H2,1-2H3. The largest absolute Gasteiger partial charge is 0.398 e. The molecule has 0 unspecified atom stereocenters. The number of hydrogen-bond donors (Lipinski definition) is 1. The number of anilines is 1. The van der Waals surface area contributed by atoms with Crippen LogP contribution in [0.1, 0.15) is 49.0 Å². The quantitative estimate of drug-likeness (QED) is 0.847. The number of benzene rings is 1. The van der Waals surface area contributed by atoms with E-state index in [2.05, 4.69) is 19.9 Å². The van der Waals surface area contributed by atoms with Crippen LogP contribution in [0.3, 0.4) is 0 Å². The fourth-order valence-electron chi connectivity index (χ4n) is 3.10. The Kier molecular flexibility index (Phi) is 2.80. The minimum Gasteiger partial charge on any atom is -0.398 e. The number of nitrogens with zero attached hydrogens (tertiary/aromatic N) is 1. The SMILES string of the molecule is CC(C)CCN1CC2(CC2)c2cccc(N)c2C1=O. The maximum absolute atomic E-state index is 12.6. The topological polar surface area (TPSA) is 46.3 Å². The molecule has 0 radical (unpaired) electrons. The van der Waals surface area contributed by atoms with Crippen molar-refractivity contribution in [3.8, 4) is 0 Å². The van der Waals surface area contributed by atoms with Crippen molar-refractivity contribution in [2.45, 2.75) is 38.5 Å². The van der Waals surface area contributed by atoms with E-state index in [0.717, 1.165) is 25.1 Å². The monoisotopic (exact) mass is 258 g/mol. The Morgan fingerprint density at radius 1 is 1.37 bits per heavy atom. The van der Waals surface area contributed by atoms with Crippen LogP contribution in [0.15, 0.2) is 18.2 Å². The Labute approximate surface area is 114 Å². The van der Waals surface area contributed by atoms with Crippen molar-refractivity contribution >= 4 is 11.6 Å². The van der Waals surface area contributed by atoms with Crippen molar-refractivity contribution in [1.82, 2.24) is 4.90 Å². The minimum atomic E-state index is 0.131. The lowest BCUT2D eigenvalue weighted by Gasteiger charge is -2.35. The molecule has 3 heteroatoms. The molecule has 3 rings (SSSR count). The zero-order valence-corrected chi connectivity index (χ0v) is 11.8. The first kappa shape index (κ1) is 12.5. The van der Waals surface area contributed by atoms with Gasteiger partial charge in [0.05, 0.1) is 5.56 Å². The van der Waals surface area contributed by atoms with Gasteiger partial charge in [0.2, 0.25) is 0 Å². The average molecular weight is 258 g/mol. The van der Waals surface area contributed by atoms with Gasteiger partial charge in [0.25, 0.3) is 5.91 Å². The lowest BCUT2D eigenvalue weighted by Crippen LogP contribution is -2.44. The number of nitrogens with two attached hydrogens (primary N) is 1. The number of rotatable bonds is 3. The van der Waals surface area contributed by atoms with E-state index in [1.807, 2.05) is 17.0 Å². The fourth-order valence-corrected chi connectivity index (χ4v) is 3.10. The summed E-state index contributed by atoms with van der Waals surface area (Å²) in [5, 5.41) is 0. The van der Waals surface area contributed by atoms with E-state index >= 15 is 0 Å². The molecule has 1 aliphatic carbocycles. The van der Waals surface area contributed by atoms with E-state index in [-0.39, 0.29) is 11.3 Å². The van der Waals surface area contributed by atoms with Crippen molar-refractivity contribution < 1.29 is 4.79 Å². The molecule has 0 bridgehead atoms. The van der Waals surface area contributed by atoms with E-state index in [4.69, 9.17) is 5.73 Å². The van der Waals surface area contributed by atoms with E-state index < -0.39 is 0 Å². The van der Waals surface area contributed by atoms with E-state index in [1.54, 1.807) is 0 Å². The maximum Gasteiger partial charge on any atom is 0.256 e. The van der Waals surface area contributed by atoms with Crippen molar-refractivity contribution in [3.63, 3.8) is 0 Å². The van der Waals surface area contributed by atoms with Crippen molar-refractivity contribution in [2.75, 3.05) is 18.8 Å². The normalized spacial score (nSPS) is 19.9. The molecule has 0 atom stereocenters. The second kappa shape index (κ2) is 4.26. The van der Waals surface area contributed by atoms with Gasteiger partial charge in [-0.05, 0) is 36.8 Å². The molecule has 1 aliphatic heterocycles. The molecule has 1 aromatic rings. The molecule has 102 valence electrons. The van der Waals surface area contributed by atoms with Crippen LogP contribution in [0.5, 0.6) is 0 Å². The molecule has 0 saturated heterocycles. The van der Waals surface area contributed by atoms with Crippen LogP contribution in [0.2, 0.25) is 0 Å². The number of carbonyl (C=O) groups excluding carboxylic acids is 1. The van der Waals surface area contributed by atoms with Crippen LogP contribution >= 0.6 is 0 Å². The highest BCUT2D eigenvalue weighted by atomic mass is 16.2. The van der Waals surface area contributed by atoms with Gasteiger partial charge in [-0.1, -0.05) is 26.0 Å². The summed E-state index contributed by atoms with van der Waals surface area (Å²) in [4.78, 5) is 14.6. The number of nitrogen functional groups attached to an aromatic ring is 1. The fraction of sp³-hybridized carbons (Fsp3) is 0.562. The van der Waals surface area contributed by atoms with E-state index in [9.17, 15) is 4.79 Å². The summed E-state index contributed by atoms with van der Waals surface area (Å²) in [5.74, 6) is 0.753. The number of carbonyl (C=O) groups is 1. The van der Waals surface area contributed by atoms with Crippen LogP contribution in [0, 0.1) is 5.92 Å². The molecule has 2 N–H and O–H groups in total. The minimum absolute atomic E-state index is 0.131. The highest BCUT2D eigenvalue weighted by Gasteiger charge is 2.51. The van der Waals surface area contributed by atoms with Gasteiger partial charge in [0.1, 0.15) is 0 Å². The Morgan fingerprint density at radius 3 is 2.74 bits per heavy atom. The number of hydrogen-bond acceptors (Lipinski definition) is 2. The van der Waals surface area contributed by atoms with Crippen LogP contribution in [-0.2, 0) is 5.41 Å². The Balaban J connectivity index is 1.94. The Hall–Kier alpha value is -1.51. The van der Waals surface area contributed by atoms with Gasteiger partial charge in [0.15, 0.2) is 0 Å². The summed E-state index contributed by atoms with van der Waals surface area (Å²) in [5.41, 5.74) is 8.88. The van der Waals surface area contributed by atoms with Crippen LogP contribution in [0.25, 0.3) is 0 Å². The molecule has 1 heterocycles. The van der Waals surface area contributed by atoms with Crippen LogP contribution in [-0.4, -0.2) is 23.9 Å². The van der Waals surface area contributed by atoms with Gasteiger partial charge < -0.3 is 10.6 Å². The third-order valence-corrected chi connectivity index (χ3v) is 4.49. The van der Waals surface area contributed by atoms with E-state index in [0.29, 0.717) is 11.6 Å². The van der Waals surface area contributed by atoms with Gasteiger partial charge in [-0.15, -0.1) is 0 Å². The van der Waals surface area contributed by atoms with Gasteiger partial charge in [-0.2, -0.15) is 0 Å². The van der Waals surface area contributed by atoms with Crippen LogP contribution < -0.4 is 5.73 Å². The summed E-state index contributed by atoms with van der Waals surface area (Å²) in [6.45, 7) is 6.13. The smallest absolute Gasteiger partial charge is 0.256 e. The summed E-state index contributed by atoms with van der Waals surface area (Å²) in [6.07, 6.45) is 3.44. The summed E-state index contributed by atoms with van der Waals surface area (Å²) >= 11 is 0. The third kappa shape index (κ3) is 2.01. The molecule has 1 spiro atoms. The molecule has 0 aromatic heterocycles. The number of fused-ring (bicyclic) bond motifs is 2. The maximum atomic E-state index is 12.6. The van der Waals surface area contributed by atoms with Gasteiger partial charge in [-0.25, -0.2) is 0 Å². The molecule has 1 fully saturated rings. The zero-order chi connectivity index (χ0) is 13.6. The lowest BCUT2D eigenvalue weighted by atomic mass is 9.85. The molecular weight excluding hydrogens is 236 g/mol. The molecule has 19 heavy (non-hydrogen) atoms. The summed E-state index contributed by atoms with van der Waals surface area (Å²) in [7, 11) is 0. The second-order valence-corrected chi connectivity index (χ2v) is 6.46. The summed E-state index contributed by atoms with van der Waals surface area (Å²) < 4.78 is 0. The molecule has 1 amide bonds. The van der Waals surface area contributed by atoms with Crippen molar-refractivity contribution in [2.24, 2.45) is 5.92 Å². The van der Waals surface area contributed by atoms with Crippen molar-refractivity contribution in [1.29, 1.82) is 0 Å². The first-order valence-electron chi connectivity index (χ1n) is 7.22.